The number of aryl methyl sites for hydroxylation is 2. The smallest absolute Gasteiger partial charge is 0.264 e. The predicted molar refractivity (Wildman–Crippen MR) is 89.9 cm³/mol. The van der Waals surface area contributed by atoms with Crippen LogP contribution in [0.5, 0.6) is 5.75 Å². The third kappa shape index (κ3) is 3.43. The van der Waals surface area contributed by atoms with Crippen molar-refractivity contribution in [3.63, 3.8) is 0 Å². The van der Waals surface area contributed by atoms with Gasteiger partial charge < -0.3 is 5.11 Å². The zero-order valence-corrected chi connectivity index (χ0v) is 14.7. The van der Waals surface area contributed by atoms with Crippen molar-refractivity contribution in [2.75, 3.05) is 4.72 Å². The molecule has 118 valence electrons. The SMILES string of the molecule is Cc1cc(NS(=O)(=O)c2c(Cl)cc(Cl)cc2Cl)cc(C)c1O. The Kier molecular flexibility index (Phi) is 4.82. The van der Waals surface area contributed by atoms with Crippen LogP contribution in [0, 0.1) is 13.8 Å². The van der Waals surface area contributed by atoms with Gasteiger partial charge in [0.2, 0.25) is 0 Å². The third-order valence-corrected chi connectivity index (χ3v) is 5.50. The molecule has 0 aliphatic rings. The van der Waals surface area contributed by atoms with Crippen LogP contribution in [0.3, 0.4) is 0 Å². The van der Waals surface area contributed by atoms with E-state index >= 15 is 0 Å². The Morgan fingerprint density at radius 2 is 1.41 bits per heavy atom. The predicted octanol–water partition coefficient (Wildman–Crippen LogP) is 4.77. The number of benzene rings is 2. The molecule has 0 bridgehead atoms. The van der Waals surface area contributed by atoms with Gasteiger partial charge in [-0.2, -0.15) is 0 Å². The minimum atomic E-state index is -3.99. The van der Waals surface area contributed by atoms with E-state index < -0.39 is 10.0 Å². The Morgan fingerprint density at radius 3 is 1.86 bits per heavy atom. The highest BCUT2D eigenvalue weighted by molar-refractivity contribution is 7.93. The highest BCUT2D eigenvalue weighted by atomic mass is 35.5. The third-order valence-electron chi connectivity index (χ3n) is 2.98. The van der Waals surface area contributed by atoms with Crippen LogP contribution >= 0.6 is 34.8 Å². The number of phenols is 1. The Morgan fingerprint density at radius 1 is 0.955 bits per heavy atom. The quantitative estimate of drug-likeness (QED) is 0.754. The average Bonchev–Trinajstić information content (AvgIpc) is 2.33. The first kappa shape index (κ1) is 17.2. The van der Waals surface area contributed by atoms with Crippen molar-refractivity contribution in [3.8, 4) is 5.75 Å². The van der Waals surface area contributed by atoms with Gasteiger partial charge in [-0.25, -0.2) is 8.42 Å². The van der Waals surface area contributed by atoms with Crippen molar-refractivity contribution >= 4 is 50.5 Å². The Balaban J connectivity index is 2.49. The van der Waals surface area contributed by atoms with Gasteiger partial charge in [-0.3, -0.25) is 4.72 Å². The summed E-state index contributed by atoms with van der Waals surface area (Å²) in [6.07, 6.45) is 0. The molecule has 2 N–H and O–H groups in total. The number of hydrogen-bond donors (Lipinski definition) is 2. The lowest BCUT2D eigenvalue weighted by Gasteiger charge is -2.13. The number of anilines is 1. The Labute approximate surface area is 143 Å². The lowest BCUT2D eigenvalue weighted by Crippen LogP contribution is -2.14. The highest BCUT2D eigenvalue weighted by Gasteiger charge is 2.23. The molecule has 4 nitrogen and oxygen atoms in total. The van der Waals surface area contributed by atoms with E-state index in [2.05, 4.69) is 4.72 Å². The summed E-state index contributed by atoms with van der Waals surface area (Å²) in [5.74, 6) is 0.116. The molecule has 0 aromatic heterocycles. The summed E-state index contributed by atoms with van der Waals surface area (Å²) in [5, 5.41) is 9.83. The van der Waals surface area contributed by atoms with E-state index in [1.54, 1.807) is 13.8 Å². The molecule has 0 saturated heterocycles. The fourth-order valence-electron chi connectivity index (χ4n) is 2.01. The van der Waals surface area contributed by atoms with Gasteiger partial charge in [0.15, 0.2) is 0 Å². The topological polar surface area (TPSA) is 66.4 Å². The van der Waals surface area contributed by atoms with Gasteiger partial charge in [0.25, 0.3) is 10.0 Å². The average molecular weight is 381 g/mol. The molecule has 0 aliphatic heterocycles. The summed E-state index contributed by atoms with van der Waals surface area (Å²) in [6, 6.07) is 5.63. The molecule has 2 aromatic carbocycles. The van der Waals surface area contributed by atoms with Crippen LogP contribution in [0.4, 0.5) is 5.69 Å². The van der Waals surface area contributed by atoms with Crippen molar-refractivity contribution in [2.45, 2.75) is 18.7 Å². The van der Waals surface area contributed by atoms with Gasteiger partial charge in [-0.1, -0.05) is 34.8 Å². The molecule has 0 unspecified atom stereocenters. The van der Waals surface area contributed by atoms with E-state index in [0.29, 0.717) is 16.8 Å². The van der Waals surface area contributed by atoms with Crippen LogP contribution in [-0.2, 0) is 10.0 Å². The van der Waals surface area contributed by atoms with Crippen LogP contribution in [0.1, 0.15) is 11.1 Å². The number of rotatable bonds is 3. The number of aromatic hydroxyl groups is 1. The number of halogens is 3. The number of sulfonamides is 1. The fraction of sp³-hybridized carbons (Fsp3) is 0.143. The van der Waals surface area contributed by atoms with Gasteiger partial charge in [-0.15, -0.1) is 0 Å². The molecule has 2 aromatic rings. The first-order valence-corrected chi connectivity index (χ1v) is 8.71. The maximum absolute atomic E-state index is 12.5. The zero-order chi connectivity index (χ0) is 16.7. The van der Waals surface area contributed by atoms with Crippen molar-refractivity contribution in [3.05, 3.63) is 50.5 Å². The van der Waals surface area contributed by atoms with E-state index in [4.69, 9.17) is 34.8 Å². The first-order valence-electron chi connectivity index (χ1n) is 6.09. The molecule has 0 aliphatic carbocycles. The second-order valence-electron chi connectivity index (χ2n) is 4.76. The second-order valence-corrected chi connectivity index (χ2v) is 7.63. The Bertz CT molecular complexity index is 804. The number of phenolic OH excluding ortho intramolecular Hbond substituents is 1. The van der Waals surface area contributed by atoms with E-state index in [0.717, 1.165) is 0 Å². The van der Waals surface area contributed by atoms with Gasteiger partial charge in [-0.05, 0) is 49.2 Å². The maximum Gasteiger partial charge on any atom is 0.264 e. The van der Waals surface area contributed by atoms with Crippen LogP contribution in [-0.4, -0.2) is 13.5 Å². The lowest BCUT2D eigenvalue weighted by molar-refractivity contribution is 0.467. The van der Waals surface area contributed by atoms with Gasteiger partial charge >= 0.3 is 0 Å². The molecular formula is C14H12Cl3NO3S. The number of nitrogens with one attached hydrogen (secondary N) is 1. The molecule has 0 fully saturated rings. The molecule has 0 atom stereocenters. The Hall–Kier alpha value is -1.14. The van der Waals surface area contributed by atoms with Crippen LogP contribution in [0.15, 0.2) is 29.2 Å². The normalized spacial score (nSPS) is 11.5. The summed E-state index contributed by atoms with van der Waals surface area (Å²) >= 11 is 17.7. The molecule has 8 heteroatoms. The van der Waals surface area contributed by atoms with Crippen molar-refractivity contribution < 1.29 is 13.5 Å². The monoisotopic (exact) mass is 379 g/mol. The largest absolute Gasteiger partial charge is 0.507 e. The molecule has 2 rings (SSSR count). The summed E-state index contributed by atoms with van der Waals surface area (Å²) < 4.78 is 27.3. The van der Waals surface area contributed by atoms with E-state index in [1.807, 2.05) is 0 Å². The number of hydrogen-bond acceptors (Lipinski definition) is 3. The second kappa shape index (κ2) is 6.16. The molecule has 0 radical (unpaired) electrons. The summed E-state index contributed by atoms with van der Waals surface area (Å²) in [6.45, 7) is 3.34. The lowest BCUT2D eigenvalue weighted by atomic mass is 10.1. The standard InChI is InChI=1S/C14H12Cl3NO3S/c1-7-3-10(4-8(2)13(7)19)18-22(20,21)14-11(16)5-9(15)6-12(14)17/h3-6,18-19H,1-2H3. The zero-order valence-electron chi connectivity index (χ0n) is 11.6. The molecule has 0 heterocycles. The summed E-state index contributed by atoms with van der Waals surface area (Å²) in [7, 11) is -3.99. The van der Waals surface area contributed by atoms with E-state index in [-0.39, 0.29) is 25.7 Å². The molecule has 22 heavy (non-hydrogen) atoms. The molecule has 0 spiro atoms. The minimum Gasteiger partial charge on any atom is -0.507 e. The molecule has 0 saturated carbocycles. The van der Waals surface area contributed by atoms with E-state index in [1.165, 1.54) is 24.3 Å². The van der Waals surface area contributed by atoms with Crippen molar-refractivity contribution in [1.29, 1.82) is 0 Å². The van der Waals surface area contributed by atoms with Gasteiger partial charge in [0.05, 0.1) is 10.0 Å². The van der Waals surface area contributed by atoms with Crippen molar-refractivity contribution in [2.24, 2.45) is 0 Å². The van der Waals surface area contributed by atoms with Crippen LogP contribution in [0.25, 0.3) is 0 Å². The van der Waals surface area contributed by atoms with Gasteiger partial charge in [0, 0.05) is 10.7 Å². The van der Waals surface area contributed by atoms with E-state index in [9.17, 15) is 13.5 Å². The van der Waals surface area contributed by atoms with Crippen LogP contribution in [0.2, 0.25) is 15.1 Å². The molecular weight excluding hydrogens is 369 g/mol. The summed E-state index contributed by atoms with van der Waals surface area (Å²) in [4.78, 5) is -0.247. The highest BCUT2D eigenvalue weighted by Crippen LogP contribution is 2.34. The molecule has 0 amide bonds. The fourth-order valence-corrected chi connectivity index (χ4v) is 4.59. The summed E-state index contributed by atoms with van der Waals surface area (Å²) in [5.41, 5.74) is 1.40. The van der Waals surface area contributed by atoms with Crippen molar-refractivity contribution in [1.82, 2.24) is 0 Å². The van der Waals surface area contributed by atoms with Crippen LogP contribution < -0.4 is 4.72 Å². The minimum absolute atomic E-state index is 0.0720. The first-order chi connectivity index (χ1) is 10.1. The van der Waals surface area contributed by atoms with Gasteiger partial charge in [0.1, 0.15) is 10.6 Å². The maximum atomic E-state index is 12.5.